The number of rotatable bonds is 6. The van der Waals surface area contributed by atoms with Gasteiger partial charge in [-0.3, -0.25) is 19.2 Å². The number of ether oxygens (including phenoxy) is 1. The first kappa shape index (κ1) is 23.8. The minimum Gasteiger partial charge on any atom is -0.481 e. The molecular formula is C20H34O7Si2. The van der Waals surface area contributed by atoms with Gasteiger partial charge in [0.05, 0.1) is 23.7 Å². The third-order valence-electron chi connectivity index (χ3n) is 7.22. The van der Waals surface area contributed by atoms with E-state index in [9.17, 15) is 29.4 Å². The zero-order chi connectivity index (χ0) is 22.1. The lowest BCUT2D eigenvalue weighted by molar-refractivity contribution is -0.170. The second-order valence-corrected chi connectivity index (χ2v) is 21.4. The summed E-state index contributed by atoms with van der Waals surface area (Å²) in [5.74, 6) is -3.75. The summed E-state index contributed by atoms with van der Waals surface area (Å²) in [5, 5.41) is 19.4. The van der Waals surface area contributed by atoms with Crippen molar-refractivity contribution in [3.05, 3.63) is 0 Å². The zero-order valence-corrected chi connectivity index (χ0v) is 20.0. The molecule has 2 aliphatic rings. The maximum Gasteiger partial charge on any atom is 0.314 e. The van der Waals surface area contributed by atoms with Crippen LogP contribution in [0, 0.1) is 10.8 Å². The normalized spacial score (nSPS) is 24.3. The van der Waals surface area contributed by atoms with E-state index in [-0.39, 0.29) is 12.8 Å². The Bertz CT molecular complexity index is 621. The smallest absolute Gasteiger partial charge is 0.314 e. The summed E-state index contributed by atoms with van der Waals surface area (Å²) in [6.45, 7) is 8.83. The number of carboxylic acids is 2. The molecule has 2 heterocycles. The molecule has 2 N–H and O–H groups in total. The lowest BCUT2D eigenvalue weighted by Crippen LogP contribution is -2.44. The second-order valence-electron chi connectivity index (χ2n) is 10.7. The summed E-state index contributed by atoms with van der Waals surface area (Å²) in [4.78, 5) is 48.5. The molecule has 0 amide bonds. The summed E-state index contributed by atoms with van der Waals surface area (Å²) >= 11 is 0. The van der Waals surface area contributed by atoms with Crippen LogP contribution in [0.25, 0.3) is 0 Å². The minimum absolute atomic E-state index is 0.335. The Morgan fingerprint density at radius 3 is 1.21 bits per heavy atom. The maximum atomic E-state index is 12.4. The van der Waals surface area contributed by atoms with Gasteiger partial charge < -0.3 is 14.9 Å². The van der Waals surface area contributed by atoms with Gasteiger partial charge in [-0.1, -0.05) is 50.4 Å². The van der Waals surface area contributed by atoms with Gasteiger partial charge in [0.15, 0.2) is 0 Å². The highest BCUT2D eigenvalue weighted by Gasteiger charge is 2.48. The summed E-state index contributed by atoms with van der Waals surface area (Å²) < 4.78 is 4.93. The molecule has 164 valence electrons. The van der Waals surface area contributed by atoms with Crippen LogP contribution in [0.15, 0.2) is 0 Å². The van der Waals surface area contributed by atoms with E-state index in [2.05, 4.69) is 26.2 Å². The van der Waals surface area contributed by atoms with E-state index in [0.717, 1.165) is 24.2 Å². The minimum atomic E-state index is -1.42. The van der Waals surface area contributed by atoms with E-state index < -0.39 is 50.9 Å². The van der Waals surface area contributed by atoms with Crippen molar-refractivity contribution in [1.82, 2.24) is 0 Å². The summed E-state index contributed by atoms with van der Waals surface area (Å²) in [7, 11) is -2.83. The molecule has 0 aliphatic carbocycles. The van der Waals surface area contributed by atoms with Crippen LogP contribution in [0.2, 0.25) is 50.4 Å². The van der Waals surface area contributed by atoms with Crippen LogP contribution in [0.5, 0.6) is 0 Å². The molecule has 0 bridgehead atoms. The van der Waals surface area contributed by atoms with Crippen molar-refractivity contribution in [2.45, 2.75) is 88.9 Å². The molecule has 2 fully saturated rings. The van der Waals surface area contributed by atoms with E-state index in [0.29, 0.717) is 25.7 Å². The Morgan fingerprint density at radius 1 is 0.690 bits per heavy atom. The number of esters is 2. The van der Waals surface area contributed by atoms with Gasteiger partial charge in [0.2, 0.25) is 0 Å². The molecule has 0 aromatic rings. The number of carboxylic acid groups (broad SMARTS) is 2. The zero-order valence-electron chi connectivity index (χ0n) is 18.0. The number of hydrogen-bond acceptors (Lipinski definition) is 5. The number of carbonyl (C=O) groups excluding carboxylic acids is 2. The Labute approximate surface area is 174 Å². The Kier molecular flexibility index (Phi) is 6.83. The average Bonchev–Trinajstić information content (AvgIpc) is 2.58. The first-order valence-corrected chi connectivity index (χ1v) is 17.2. The fraction of sp³-hybridized carbons (Fsp3) is 0.800. The third kappa shape index (κ3) is 5.78. The molecule has 9 heteroatoms. The van der Waals surface area contributed by atoms with Gasteiger partial charge in [0.25, 0.3) is 0 Å². The number of hydrogen-bond donors (Lipinski definition) is 2. The standard InChI is InChI=1S/C20H34O7Si2/c1-28(2)9-5-19(6-10-28,17(23)24)13-15(21)27-16(22)14-20(18(25)26)7-11-29(3,4)12-8-20/h5-14H2,1-4H3,(H,23,24)(H,25,26). The van der Waals surface area contributed by atoms with Gasteiger partial charge in [-0.15, -0.1) is 0 Å². The van der Waals surface area contributed by atoms with Crippen LogP contribution in [0.1, 0.15) is 38.5 Å². The summed E-state index contributed by atoms with van der Waals surface area (Å²) in [6.07, 6.45) is 1.01. The van der Waals surface area contributed by atoms with Crippen LogP contribution in [-0.2, 0) is 23.9 Å². The predicted octanol–water partition coefficient (Wildman–Crippen LogP) is 3.98. The van der Waals surface area contributed by atoms with Crippen molar-refractivity contribution in [2.24, 2.45) is 10.8 Å². The largest absolute Gasteiger partial charge is 0.481 e. The molecule has 2 saturated heterocycles. The van der Waals surface area contributed by atoms with E-state index in [4.69, 9.17) is 4.74 Å². The first-order valence-electron chi connectivity index (χ1n) is 10.4. The van der Waals surface area contributed by atoms with E-state index in [1.54, 1.807) is 0 Å². The van der Waals surface area contributed by atoms with Crippen molar-refractivity contribution in [3.8, 4) is 0 Å². The molecule has 29 heavy (non-hydrogen) atoms. The van der Waals surface area contributed by atoms with Crippen molar-refractivity contribution in [2.75, 3.05) is 0 Å². The summed E-state index contributed by atoms with van der Waals surface area (Å²) in [6, 6.07) is 3.29. The van der Waals surface area contributed by atoms with E-state index in [1.165, 1.54) is 0 Å². The summed E-state index contributed by atoms with van der Waals surface area (Å²) in [5.41, 5.74) is -2.35. The topological polar surface area (TPSA) is 118 Å². The van der Waals surface area contributed by atoms with Crippen LogP contribution in [0.4, 0.5) is 0 Å². The lowest BCUT2D eigenvalue weighted by Gasteiger charge is -2.39. The second kappa shape index (κ2) is 8.33. The van der Waals surface area contributed by atoms with Crippen molar-refractivity contribution in [1.29, 1.82) is 0 Å². The molecule has 7 nitrogen and oxygen atoms in total. The monoisotopic (exact) mass is 442 g/mol. The molecule has 2 aliphatic heterocycles. The van der Waals surface area contributed by atoms with Crippen LogP contribution in [-0.4, -0.2) is 50.2 Å². The Balaban J connectivity index is 1.99. The number of carbonyl (C=O) groups is 4. The molecule has 0 aromatic heterocycles. The van der Waals surface area contributed by atoms with Gasteiger partial charge in [-0.25, -0.2) is 0 Å². The van der Waals surface area contributed by atoms with Crippen molar-refractivity contribution >= 4 is 40.0 Å². The van der Waals surface area contributed by atoms with Crippen molar-refractivity contribution in [3.63, 3.8) is 0 Å². The highest BCUT2D eigenvalue weighted by Crippen LogP contribution is 2.45. The van der Waals surface area contributed by atoms with Gasteiger partial charge >= 0.3 is 23.9 Å². The molecule has 0 unspecified atom stereocenters. The molecule has 0 saturated carbocycles. The molecule has 0 radical (unpaired) electrons. The quantitative estimate of drug-likeness (QED) is 0.363. The molecule has 0 aromatic carbocycles. The molecule has 2 rings (SSSR count). The van der Waals surface area contributed by atoms with Crippen LogP contribution >= 0.6 is 0 Å². The van der Waals surface area contributed by atoms with Gasteiger partial charge in [-0.2, -0.15) is 0 Å². The lowest BCUT2D eigenvalue weighted by atomic mass is 9.78. The van der Waals surface area contributed by atoms with Crippen LogP contribution < -0.4 is 0 Å². The molecule has 0 atom stereocenters. The molecular weight excluding hydrogens is 408 g/mol. The maximum absolute atomic E-state index is 12.4. The van der Waals surface area contributed by atoms with E-state index in [1.807, 2.05) is 0 Å². The average molecular weight is 443 g/mol. The third-order valence-corrected chi connectivity index (χ3v) is 13.6. The first-order chi connectivity index (χ1) is 13.2. The Hall–Kier alpha value is -1.49. The number of aliphatic carboxylic acids is 2. The fourth-order valence-electron chi connectivity index (χ4n) is 4.49. The Morgan fingerprint density at radius 2 is 0.966 bits per heavy atom. The predicted molar refractivity (Wildman–Crippen MR) is 113 cm³/mol. The van der Waals surface area contributed by atoms with Gasteiger partial charge in [-0.05, 0) is 25.7 Å². The van der Waals surface area contributed by atoms with Crippen molar-refractivity contribution < 1.29 is 34.1 Å². The SMILES string of the molecule is C[Si]1(C)CCC(CC(=O)OC(=O)CC2(C(=O)O)CC[Si](C)(C)CC2)(C(=O)O)CC1. The van der Waals surface area contributed by atoms with Crippen LogP contribution in [0.3, 0.4) is 0 Å². The van der Waals surface area contributed by atoms with Gasteiger partial charge in [0.1, 0.15) is 0 Å². The molecule has 0 spiro atoms. The van der Waals surface area contributed by atoms with E-state index >= 15 is 0 Å². The van der Waals surface area contributed by atoms with Gasteiger partial charge in [0, 0.05) is 16.1 Å². The highest BCUT2D eigenvalue weighted by atomic mass is 28.3. The highest BCUT2D eigenvalue weighted by molar-refractivity contribution is 6.78. The fourth-order valence-corrected chi connectivity index (χ4v) is 9.62.